The summed E-state index contributed by atoms with van der Waals surface area (Å²) in [5, 5.41) is 4.58. The Labute approximate surface area is 138 Å². The molecule has 114 valence electrons. The normalized spacial score (nSPS) is 12.4. The molecule has 1 aromatic heterocycles. The molecule has 0 radical (unpaired) electrons. The van der Waals surface area contributed by atoms with Gasteiger partial charge in [0.05, 0.1) is 9.88 Å². The quantitative estimate of drug-likeness (QED) is 0.757. The lowest BCUT2D eigenvalue weighted by Crippen LogP contribution is -2.20. The molecular formula is C16H21BrN2OS. The Hall–Kier alpha value is -0.910. The molecule has 21 heavy (non-hydrogen) atoms. The summed E-state index contributed by atoms with van der Waals surface area (Å²) in [7, 11) is 0. The van der Waals surface area contributed by atoms with Crippen LogP contribution in [0.3, 0.4) is 0 Å². The first-order chi connectivity index (χ1) is 10.1. The average Bonchev–Trinajstić information content (AvgIpc) is 2.89. The Morgan fingerprint density at radius 3 is 2.90 bits per heavy atom. The van der Waals surface area contributed by atoms with Crippen molar-refractivity contribution in [1.82, 2.24) is 10.3 Å². The minimum absolute atomic E-state index is 0.264. The smallest absolute Gasteiger partial charge is 0.124 e. The predicted molar refractivity (Wildman–Crippen MR) is 92.0 cm³/mol. The predicted octanol–water partition coefficient (Wildman–Crippen LogP) is 4.85. The molecule has 2 rings (SSSR count). The lowest BCUT2D eigenvalue weighted by Gasteiger charge is -2.18. The molecular weight excluding hydrogens is 348 g/mol. The van der Waals surface area contributed by atoms with Gasteiger partial charge >= 0.3 is 0 Å². The van der Waals surface area contributed by atoms with Crippen LogP contribution in [0.15, 0.2) is 28.9 Å². The molecule has 0 aliphatic rings. The van der Waals surface area contributed by atoms with Gasteiger partial charge in [0, 0.05) is 22.3 Å². The molecule has 5 heteroatoms. The fraction of sp³-hybridized carbons (Fsp3) is 0.438. The molecule has 3 nitrogen and oxygen atoms in total. The molecule has 0 saturated carbocycles. The van der Waals surface area contributed by atoms with Crippen molar-refractivity contribution >= 4 is 27.3 Å². The number of halogens is 1. The van der Waals surface area contributed by atoms with Gasteiger partial charge in [0.25, 0.3) is 0 Å². The number of hydrogen-bond donors (Lipinski definition) is 1. The third kappa shape index (κ3) is 4.80. The molecule has 1 heterocycles. The van der Waals surface area contributed by atoms with E-state index in [4.69, 9.17) is 4.74 Å². The molecule has 0 amide bonds. The summed E-state index contributed by atoms with van der Waals surface area (Å²) in [5.74, 6) is 0.931. The van der Waals surface area contributed by atoms with Gasteiger partial charge < -0.3 is 10.1 Å². The van der Waals surface area contributed by atoms with Gasteiger partial charge in [-0.3, -0.25) is 0 Å². The number of ether oxygens (including phenoxy) is 1. The number of benzene rings is 1. The van der Waals surface area contributed by atoms with Gasteiger partial charge in [-0.15, -0.1) is 11.3 Å². The van der Waals surface area contributed by atoms with E-state index in [-0.39, 0.29) is 6.04 Å². The molecule has 0 aliphatic carbocycles. The summed E-state index contributed by atoms with van der Waals surface area (Å²) in [6, 6.07) is 6.43. The topological polar surface area (TPSA) is 34.1 Å². The molecule has 1 aromatic carbocycles. The first kappa shape index (κ1) is 16.5. The second-order valence-electron chi connectivity index (χ2n) is 4.99. The molecule has 0 fully saturated rings. The molecule has 0 spiro atoms. The zero-order valence-electron chi connectivity index (χ0n) is 12.6. The number of aromatic nitrogens is 1. The minimum Gasteiger partial charge on any atom is -0.488 e. The van der Waals surface area contributed by atoms with E-state index < -0.39 is 0 Å². The number of rotatable bonds is 7. The van der Waals surface area contributed by atoms with E-state index in [1.165, 1.54) is 5.56 Å². The zero-order valence-corrected chi connectivity index (χ0v) is 15.1. The third-order valence-electron chi connectivity index (χ3n) is 3.18. The van der Waals surface area contributed by atoms with E-state index in [0.29, 0.717) is 6.61 Å². The SMILES string of the molecule is CCCNC(C)c1cc(Br)ccc1OCc1cnc(C)s1. The van der Waals surface area contributed by atoms with Crippen LogP contribution in [0.5, 0.6) is 5.75 Å². The Kier molecular flexibility index (Phi) is 6.21. The summed E-state index contributed by atoms with van der Waals surface area (Å²) in [6.45, 7) is 7.92. The highest BCUT2D eigenvalue weighted by atomic mass is 79.9. The summed E-state index contributed by atoms with van der Waals surface area (Å²) < 4.78 is 7.08. The molecule has 0 aliphatic heterocycles. The van der Waals surface area contributed by atoms with Gasteiger partial charge in [0.2, 0.25) is 0 Å². The van der Waals surface area contributed by atoms with Gasteiger partial charge in [-0.05, 0) is 45.0 Å². The average molecular weight is 369 g/mol. The second-order valence-corrected chi connectivity index (χ2v) is 7.23. The first-order valence-corrected chi connectivity index (χ1v) is 8.78. The van der Waals surface area contributed by atoms with Crippen molar-refractivity contribution in [2.75, 3.05) is 6.54 Å². The highest BCUT2D eigenvalue weighted by molar-refractivity contribution is 9.10. The van der Waals surface area contributed by atoms with E-state index in [1.54, 1.807) is 11.3 Å². The van der Waals surface area contributed by atoms with E-state index in [0.717, 1.165) is 33.1 Å². The fourth-order valence-corrected chi connectivity index (χ4v) is 3.17. The summed E-state index contributed by atoms with van der Waals surface area (Å²) in [5.41, 5.74) is 1.18. The molecule has 1 atom stereocenters. The number of nitrogens with one attached hydrogen (secondary N) is 1. The van der Waals surface area contributed by atoms with Crippen LogP contribution in [-0.4, -0.2) is 11.5 Å². The number of hydrogen-bond acceptors (Lipinski definition) is 4. The molecule has 2 aromatic rings. The summed E-state index contributed by atoms with van der Waals surface area (Å²) in [4.78, 5) is 5.41. The monoisotopic (exact) mass is 368 g/mol. The third-order valence-corrected chi connectivity index (χ3v) is 4.56. The van der Waals surface area contributed by atoms with Crippen molar-refractivity contribution in [2.45, 2.75) is 39.8 Å². The maximum Gasteiger partial charge on any atom is 0.124 e. The molecule has 1 N–H and O–H groups in total. The van der Waals surface area contributed by atoms with Crippen LogP contribution in [0.25, 0.3) is 0 Å². The molecule has 1 unspecified atom stereocenters. The van der Waals surface area contributed by atoms with Crippen LogP contribution in [0, 0.1) is 6.92 Å². The van der Waals surface area contributed by atoms with Crippen molar-refractivity contribution in [3.05, 3.63) is 44.3 Å². The highest BCUT2D eigenvalue weighted by Gasteiger charge is 2.12. The minimum atomic E-state index is 0.264. The molecule has 0 bridgehead atoms. The maximum absolute atomic E-state index is 6.00. The lowest BCUT2D eigenvalue weighted by molar-refractivity contribution is 0.303. The van der Waals surface area contributed by atoms with Gasteiger partial charge in [0.15, 0.2) is 0 Å². The van der Waals surface area contributed by atoms with Crippen LogP contribution in [0.1, 0.15) is 41.8 Å². The van der Waals surface area contributed by atoms with Gasteiger partial charge in [0.1, 0.15) is 12.4 Å². The number of aryl methyl sites for hydroxylation is 1. The van der Waals surface area contributed by atoms with Crippen molar-refractivity contribution in [3.8, 4) is 5.75 Å². The summed E-state index contributed by atoms with van der Waals surface area (Å²) >= 11 is 5.22. The maximum atomic E-state index is 6.00. The first-order valence-electron chi connectivity index (χ1n) is 7.17. The second kappa shape index (κ2) is 7.92. The van der Waals surface area contributed by atoms with Gasteiger partial charge in [-0.2, -0.15) is 0 Å². The van der Waals surface area contributed by atoms with Crippen LogP contribution in [-0.2, 0) is 6.61 Å². The van der Waals surface area contributed by atoms with Crippen LogP contribution >= 0.6 is 27.3 Å². The van der Waals surface area contributed by atoms with E-state index in [1.807, 2.05) is 25.3 Å². The van der Waals surface area contributed by atoms with E-state index in [2.05, 4.69) is 46.1 Å². The van der Waals surface area contributed by atoms with Crippen LogP contribution in [0.2, 0.25) is 0 Å². The Morgan fingerprint density at radius 1 is 1.43 bits per heavy atom. The zero-order chi connectivity index (χ0) is 15.2. The summed E-state index contributed by atoms with van der Waals surface area (Å²) in [6.07, 6.45) is 3.01. The van der Waals surface area contributed by atoms with Crippen LogP contribution < -0.4 is 10.1 Å². The largest absolute Gasteiger partial charge is 0.488 e. The van der Waals surface area contributed by atoms with Crippen molar-refractivity contribution in [3.63, 3.8) is 0 Å². The van der Waals surface area contributed by atoms with Gasteiger partial charge in [-0.25, -0.2) is 4.98 Å². The van der Waals surface area contributed by atoms with E-state index >= 15 is 0 Å². The van der Waals surface area contributed by atoms with Gasteiger partial charge in [-0.1, -0.05) is 22.9 Å². The standard InChI is InChI=1S/C16H21BrN2OS/c1-4-7-18-11(2)15-8-13(17)5-6-16(15)20-10-14-9-19-12(3)21-14/h5-6,8-9,11,18H,4,7,10H2,1-3H3. The molecule has 0 saturated heterocycles. The van der Waals surface area contributed by atoms with Crippen molar-refractivity contribution in [1.29, 1.82) is 0 Å². The Balaban J connectivity index is 2.10. The lowest BCUT2D eigenvalue weighted by atomic mass is 10.1. The Bertz CT molecular complexity index is 585. The van der Waals surface area contributed by atoms with Crippen LogP contribution in [0.4, 0.5) is 0 Å². The Morgan fingerprint density at radius 2 is 2.24 bits per heavy atom. The highest BCUT2D eigenvalue weighted by Crippen LogP contribution is 2.29. The van der Waals surface area contributed by atoms with Crippen molar-refractivity contribution in [2.24, 2.45) is 0 Å². The fourth-order valence-electron chi connectivity index (χ4n) is 2.08. The van der Waals surface area contributed by atoms with E-state index in [9.17, 15) is 0 Å². The number of nitrogens with zero attached hydrogens (tertiary/aromatic N) is 1. The van der Waals surface area contributed by atoms with Crippen molar-refractivity contribution < 1.29 is 4.74 Å². The number of thiazole rings is 1.